The quantitative estimate of drug-likeness (QED) is 0.715. The van der Waals surface area contributed by atoms with Gasteiger partial charge in [-0.1, -0.05) is 0 Å². The first kappa shape index (κ1) is 12.1. The van der Waals surface area contributed by atoms with Gasteiger partial charge in [0, 0.05) is 6.54 Å². The second-order valence-electron chi connectivity index (χ2n) is 3.05. The Kier molecular flexibility index (Phi) is 4.38. The second kappa shape index (κ2) is 5.79. The Balaban J connectivity index is 2.51. The standard InChI is InChI=1S/C10H15N3O3/c1-15-9(14)5-6-12-8-4-3-7(11)10(13-8)16-2/h3-4H,5-6,11H2,1-2H3,(H,12,13). The number of anilines is 2. The lowest BCUT2D eigenvalue weighted by atomic mass is 10.4. The molecule has 6 heteroatoms. The lowest BCUT2D eigenvalue weighted by Crippen LogP contribution is -2.10. The van der Waals surface area contributed by atoms with Crippen LogP contribution in [0.4, 0.5) is 11.5 Å². The number of nitrogen functional groups attached to an aromatic ring is 1. The van der Waals surface area contributed by atoms with Crippen molar-refractivity contribution in [1.29, 1.82) is 0 Å². The molecule has 1 aromatic heterocycles. The van der Waals surface area contributed by atoms with Gasteiger partial charge in [0.1, 0.15) is 5.82 Å². The smallest absolute Gasteiger partial charge is 0.307 e. The predicted octanol–water partition coefficient (Wildman–Crippen LogP) is 0.647. The zero-order valence-corrected chi connectivity index (χ0v) is 9.32. The molecule has 6 nitrogen and oxygen atoms in total. The average molecular weight is 225 g/mol. The maximum absolute atomic E-state index is 10.9. The third-order valence-corrected chi connectivity index (χ3v) is 1.95. The number of carbonyl (C=O) groups excluding carboxylic acids is 1. The van der Waals surface area contributed by atoms with Crippen LogP contribution < -0.4 is 15.8 Å². The fourth-order valence-electron chi connectivity index (χ4n) is 1.11. The molecule has 16 heavy (non-hydrogen) atoms. The molecule has 0 atom stereocenters. The van der Waals surface area contributed by atoms with E-state index in [1.54, 1.807) is 12.1 Å². The maximum atomic E-state index is 10.9. The summed E-state index contributed by atoms with van der Waals surface area (Å²) in [6.45, 7) is 0.451. The van der Waals surface area contributed by atoms with Gasteiger partial charge in [-0.25, -0.2) is 0 Å². The third-order valence-electron chi connectivity index (χ3n) is 1.95. The minimum absolute atomic E-state index is 0.269. The molecule has 0 aliphatic rings. The lowest BCUT2D eigenvalue weighted by Gasteiger charge is -2.07. The number of pyridine rings is 1. The van der Waals surface area contributed by atoms with Crippen LogP contribution in [0, 0.1) is 0 Å². The largest absolute Gasteiger partial charge is 0.479 e. The number of nitrogens with one attached hydrogen (secondary N) is 1. The van der Waals surface area contributed by atoms with E-state index in [0.29, 0.717) is 23.9 Å². The van der Waals surface area contributed by atoms with E-state index in [-0.39, 0.29) is 12.4 Å². The molecule has 0 amide bonds. The van der Waals surface area contributed by atoms with Gasteiger partial charge in [-0.2, -0.15) is 4.98 Å². The van der Waals surface area contributed by atoms with Crippen molar-refractivity contribution in [1.82, 2.24) is 4.98 Å². The Bertz CT molecular complexity index is 368. The minimum Gasteiger partial charge on any atom is -0.479 e. The van der Waals surface area contributed by atoms with Crippen LogP contribution >= 0.6 is 0 Å². The monoisotopic (exact) mass is 225 g/mol. The molecular weight excluding hydrogens is 210 g/mol. The number of rotatable bonds is 5. The highest BCUT2D eigenvalue weighted by molar-refractivity contribution is 5.69. The van der Waals surface area contributed by atoms with E-state index in [0.717, 1.165) is 0 Å². The van der Waals surface area contributed by atoms with Crippen LogP contribution in [0.3, 0.4) is 0 Å². The van der Waals surface area contributed by atoms with E-state index in [9.17, 15) is 4.79 Å². The third kappa shape index (κ3) is 3.30. The van der Waals surface area contributed by atoms with Crippen molar-refractivity contribution in [2.75, 3.05) is 31.8 Å². The highest BCUT2D eigenvalue weighted by atomic mass is 16.5. The number of nitrogens with two attached hydrogens (primary N) is 1. The first-order valence-corrected chi connectivity index (χ1v) is 4.78. The van der Waals surface area contributed by atoms with Crippen molar-refractivity contribution < 1.29 is 14.3 Å². The molecular formula is C10H15N3O3. The van der Waals surface area contributed by atoms with Crippen LogP contribution in [0.2, 0.25) is 0 Å². The van der Waals surface area contributed by atoms with Crippen molar-refractivity contribution in [2.24, 2.45) is 0 Å². The number of carbonyl (C=O) groups is 1. The van der Waals surface area contributed by atoms with Crippen LogP contribution in [0.1, 0.15) is 6.42 Å². The van der Waals surface area contributed by atoms with Gasteiger partial charge in [-0.05, 0) is 12.1 Å². The SMILES string of the molecule is COC(=O)CCNc1ccc(N)c(OC)n1. The number of hydrogen-bond acceptors (Lipinski definition) is 6. The number of aromatic nitrogens is 1. The van der Waals surface area contributed by atoms with Gasteiger partial charge >= 0.3 is 5.97 Å². The number of ether oxygens (including phenoxy) is 2. The van der Waals surface area contributed by atoms with E-state index >= 15 is 0 Å². The van der Waals surface area contributed by atoms with Crippen molar-refractivity contribution >= 4 is 17.5 Å². The van der Waals surface area contributed by atoms with E-state index in [1.807, 2.05) is 0 Å². The number of esters is 1. The fraction of sp³-hybridized carbons (Fsp3) is 0.400. The Morgan fingerprint density at radius 3 is 2.88 bits per heavy atom. The van der Waals surface area contributed by atoms with Crippen molar-refractivity contribution in [3.8, 4) is 5.88 Å². The second-order valence-corrected chi connectivity index (χ2v) is 3.05. The number of hydrogen-bond donors (Lipinski definition) is 2. The molecule has 0 fully saturated rings. The highest BCUT2D eigenvalue weighted by Crippen LogP contribution is 2.19. The predicted molar refractivity (Wildman–Crippen MR) is 60.3 cm³/mol. The van der Waals surface area contributed by atoms with Crippen molar-refractivity contribution in [3.63, 3.8) is 0 Å². The molecule has 0 aliphatic heterocycles. The van der Waals surface area contributed by atoms with Crippen LogP contribution in [0.5, 0.6) is 5.88 Å². The molecule has 0 bridgehead atoms. The highest BCUT2D eigenvalue weighted by Gasteiger charge is 2.03. The zero-order chi connectivity index (χ0) is 12.0. The number of methoxy groups -OCH3 is 2. The first-order chi connectivity index (χ1) is 7.67. The number of nitrogens with zero attached hydrogens (tertiary/aromatic N) is 1. The molecule has 3 N–H and O–H groups in total. The summed E-state index contributed by atoms with van der Waals surface area (Å²) in [7, 11) is 2.85. The van der Waals surface area contributed by atoms with Gasteiger partial charge in [0.05, 0.1) is 26.3 Å². The Hall–Kier alpha value is -1.98. The molecule has 88 valence electrons. The molecule has 1 rings (SSSR count). The minimum atomic E-state index is -0.269. The summed E-state index contributed by atoms with van der Waals surface area (Å²) < 4.78 is 9.47. The van der Waals surface area contributed by atoms with E-state index in [4.69, 9.17) is 10.5 Å². The summed E-state index contributed by atoms with van der Waals surface area (Å²) in [4.78, 5) is 15.0. The maximum Gasteiger partial charge on any atom is 0.307 e. The van der Waals surface area contributed by atoms with E-state index < -0.39 is 0 Å². The molecule has 0 radical (unpaired) electrons. The molecule has 0 saturated carbocycles. The average Bonchev–Trinajstić information content (AvgIpc) is 2.31. The molecule has 0 spiro atoms. The van der Waals surface area contributed by atoms with Gasteiger partial charge in [0.15, 0.2) is 0 Å². The lowest BCUT2D eigenvalue weighted by molar-refractivity contribution is -0.140. The van der Waals surface area contributed by atoms with Gasteiger partial charge in [-0.15, -0.1) is 0 Å². The van der Waals surface area contributed by atoms with Crippen molar-refractivity contribution in [3.05, 3.63) is 12.1 Å². The fourth-order valence-corrected chi connectivity index (χ4v) is 1.11. The zero-order valence-electron chi connectivity index (χ0n) is 9.32. The Labute approximate surface area is 93.8 Å². The summed E-state index contributed by atoms with van der Waals surface area (Å²) in [5.41, 5.74) is 6.08. The van der Waals surface area contributed by atoms with Crippen LogP contribution in [0.15, 0.2) is 12.1 Å². The summed E-state index contributed by atoms with van der Waals surface area (Å²) >= 11 is 0. The topological polar surface area (TPSA) is 86.5 Å². The summed E-state index contributed by atoms with van der Waals surface area (Å²) in [6.07, 6.45) is 0.283. The Morgan fingerprint density at radius 1 is 1.50 bits per heavy atom. The molecule has 1 aromatic rings. The van der Waals surface area contributed by atoms with E-state index in [1.165, 1.54) is 14.2 Å². The van der Waals surface area contributed by atoms with Crippen LogP contribution in [-0.4, -0.2) is 31.7 Å². The van der Waals surface area contributed by atoms with Crippen molar-refractivity contribution in [2.45, 2.75) is 6.42 Å². The molecule has 0 saturated heterocycles. The molecule has 1 heterocycles. The molecule has 0 unspecified atom stereocenters. The van der Waals surface area contributed by atoms with E-state index in [2.05, 4.69) is 15.0 Å². The molecule has 0 aliphatic carbocycles. The Morgan fingerprint density at radius 2 is 2.25 bits per heavy atom. The van der Waals surface area contributed by atoms with Crippen LogP contribution in [0.25, 0.3) is 0 Å². The van der Waals surface area contributed by atoms with Gasteiger partial charge in [0.2, 0.25) is 5.88 Å². The van der Waals surface area contributed by atoms with Crippen LogP contribution in [-0.2, 0) is 9.53 Å². The first-order valence-electron chi connectivity index (χ1n) is 4.78. The normalized spacial score (nSPS) is 9.62. The van der Waals surface area contributed by atoms with Gasteiger partial charge in [-0.3, -0.25) is 4.79 Å². The summed E-state index contributed by atoms with van der Waals surface area (Å²) in [5.74, 6) is 0.702. The summed E-state index contributed by atoms with van der Waals surface area (Å²) in [6, 6.07) is 3.40. The van der Waals surface area contributed by atoms with Gasteiger partial charge in [0.25, 0.3) is 0 Å². The van der Waals surface area contributed by atoms with Gasteiger partial charge < -0.3 is 20.5 Å². The molecule has 0 aromatic carbocycles. The summed E-state index contributed by atoms with van der Waals surface area (Å²) in [5, 5.41) is 2.96.